The number of amides is 1. The lowest BCUT2D eigenvalue weighted by Crippen LogP contribution is -2.36. The second kappa shape index (κ2) is 12.1. The van der Waals surface area contributed by atoms with E-state index < -0.39 is 0 Å². The monoisotopic (exact) mass is 456 g/mol. The molecule has 33 heavy (non-hydrogen) atoms. The van der Waals surface area contributed by atoms with Crippen LogP contribution in [0.2, 0.25) is 0 Å². The van der Waals surface area contributed by atoms with E-state index in [2.05, 4.69) is 10.2 Å². The molecule has 0 atom stereocenters. The van der Waals surface area contributed by atoms with E-state index in [0.717, 1.165) is 18.8 Å². The van der Waals surface area contributed by atoms with Gasteiger partial charge in [-0.2, -0.15) is 0 Å². The zero-order valence-corrected chi connectivity index (χ0v) is 19.5. The average molecular weight is 457 g/mol. The molecule has 1 aliphatic rings. The summed E-state index contributed by atoms with van der Waals surface area (Å²) < 4.78 is 22.3. The van der Waals surface area contributed by atoms with Crippen LogP contribution in [0.4, 0.5) is 11.4 Å². The molecule has 178 valence electrons. The second-order valence-corrected chi connectivity index (χ2v) is 7.48. The molecule has 0 saturated carbocycles. The number of nitrogens with zero attached hydrogens (tertiary/aromatic N) is 1. The highest BCUT2D eigenvalue weighted by atomic mass is 16.5. The first kappa shape index (κ1) is 24.4. The van der Waals surface area contributed by atoms with E-state index in [1.54, 1.807) is 37.4 Å². The van der Waals surface area contributed by atoms with Crippen molar-refractivity contribution in [2.75, 3.05) is 56.8 Å². The summed E-state index contributed by atoms with van der Waals surface area (Å²) in [7, 11) is 1.57. The minimum Gasteiger partial charge on any atom is -0.497 e. The van der Waals surface area contributed by atoms with Crippen molar-refractivity contribution in [3.63, 3.8) is 0 Å². The molecule has 1 aliphatic heterocycles. The quantitative estimate of drug-likeness (QED) is 0.513. The topological polar surface area (TPSA) is 86.3 Å². The summed E-state index contributed by atoms with van der Waals surface area (Å²) in [6.45, 7) is 7.57. The lowest BCUT2D eigenvalue weighted by atomic mass is 10.1. The number of carbonyl (C=O) groups excluding carboxylic acids is 2. The molecule has 3 rings (SSSR count). The summed E-state index contributed by atoms with van der Waals surface area (Å²) in [5.41, 5.74) is 1.99. The maximum absolute atomic E-state index is 12.7. The van der Waals surface area contributed by atoms with Crippen LogP contribution in [0.3, 0.4) is 0 Å². The highest BCUT2D eigenvalue weighted by molar-refractivity contribution is 6.00. The number of benzene rings is 2. The molecule has 8 nitrogen and oxygen atoms in total. The molecule has 0 unspecified atom stereocenters. The summed E-state index contributed by atoms with van der Waals surface area (Å²) in [6, 6.07) is 10.6. The van der Waals surface area contributed by atoms with Crippen LogP contribution in [0.1, 0.15) is 37.0 Å². The van der Waals surface area contributed by atoms with Gasteiger partial charge in [0.1, 0.15) is 17.2 Å². The Morgan fingerprint density at radius 1 is 0.970 bits per heavy atom. The summed E-state index contributed by atoms with van der Waals surface area (Å²) in [5.74, 6) is 1.55. The number of Topliss-reactive ketones (excluding diaryl/α,β-unsaturated/α-hetero) is 1. The van der Waals surface area contributed by atoms with Crippen LogP contribution in [0.25, 0.3) is 0 Å². The summed E-state index contributed by atoms with van der Waals surface area (Å²) in [6.07, 6.45) is 0.165. The number of anilines is 2. The number of hydrogen-bond donors (Lipinski definition) is 1. The Hall–Kier alpha value is -3.26. The predicted octanol–water partition coefficient (Wildman–Crippen LogP) is 3.93. The van der Waals surface area contributed by atoms with Gasteiger partial charge < -0.3 is 29.2 Å². The van der Waals surface area contributed by atoms with Crippen LogP contribution in [0.15, 0.2) is 36.4 Å². The molecule has 0 aromatic heterocycles. The minimum atomic E-state index is -0.264. The summed E-state index contributed by atoms with van der Waals surface area (Å²) >= 11 is 0. The number of ketones is 1. The van der Waals surface area contributed by atoms with Crippen molar-refractivity contribution in [3.05, 3.63) is 42.0 Å². The fourth-order valence-corrected chi connectivity index (χ4v) is 3.61. The molecule has 2 aromatic rings. The van der Waals surface area contributed by atoms with Gasteiger partial charge in [0.05, 0.1) is 44.9 Å². The van der Waals surface area contributed by atoms with Crippen molar-refractivity contribution in [1.82, 2.24) is 0 Å². The summed E-state index contributed by atoms with van der Waals surface area (Å²) in [4.78, 5) is 27.3. The van der Waals surface area contributed by atoms with E-state index in [9.17, 15) is 9.59 Å². The average Bonchev–Trinajstić information content (AvgIpc) is 2.85. The molecule has 1 N–H and O–H groups in total. The third kappa shape index (κ3) is 6.61. The first-order valence-electron chi connectivity index (χ1n) is 11.3. The van der Waals surface area contributed by atoms with Crippen LogP contribution < -0.4 is 24.4 Å². The van der Waals surface area contributed by atoms with E-state index in [1.807, 2.05) is 19.9 Å². The standard InChI is InChI=1S/C25H32N2O6/c1-4-32-23-17-21(27-12-14-31-15-13-27)24(33-5-2)16-20(23)26-25(29)11-10-22(28)18-6-8-19(30-3)9-7-18/h6-9,16-17H,4-5,10-15H2,1-3H3,(H,26,29). The van der Waals surface area contributed by atoms with Crippen LogP contribution in [-0.2, 0) is 9.53 Å². The lowest BCUT2D eigenvalue weighted by molar-refractivity contribution is -0.116. The van der Waals surface area contributed by atoms with Crippen molar-refractivity contribution >= 4 is 23.1 Å². The van der Waals surface area contributed by atoms with Gasteiger partial charge in [-0.3, -0.25) is 9.59 Å². The van der Waals surface area contributed by atoms with E-state index in [0.29, 0.717) is 54.9 Å². The van der Waals surface area contributed by atoms with Crippen LogP contribution >= 0.6 is 0 Å². The predicted molar refractivity (Wildman–Crippen MR) is 127 cm³/mol. The highest BCUT2D eigenvalue weighted by Crippen LogP contribution is 2.39. The molecule has 0 spiro atoms. The number of rotatable bonds is 11. The molecular formula is C25H32N2O6. The Kier molecular flexibility index (Phi) is 8.95. The number of nitrogens with one attached hydrogen (secondary N) is 1. The first-order valence-corrected chi connectivity index (χ1v) is 11.3. The molecule has 1 saturated heterocycles. The number of hydrogen-bond acceptors (Lipinski definition) is 7. The van der Waals surface area contributed by atoms with Gasteiger partial charge in [0.2, 0.25) is 5.91 Å². The second-order valence-electron chi connectivity index (χ2n) is 7.48. The van der Waals surface area contributed by atoms with Gasteiger partial charge in [0.15, 0.2) is 5.78 Å². The fourth-order valence-electron chi connectivity index (χ4n) is 3.61. The SMILES string of the molecule is CCOc1cc(N2CCOCC2)c(OCC)cc1NC(=O)CCC(=O)c1ccc(OC)cc1. The van der Waals surface area contributed by atoms with E-state index in [-0.39, 0.29) is 24.5 Å². The Labute approximate surface area is 194 Å². The Bertz CT molecular complexity index is 939. The number of ether oxygens (including phenoxy) is 4. The first-order chi connectivity index (χ1) is 16.0. The van der Waals surface area contributed by atoms with Crippen LogP contribution in [0, 0.1) is 0 Å². The molecular weight excluding hydrogens is 424 g/mol. The fraction of sp³-hybridized carbons (Fsp3) is 0.440. The highest BCUT2D eigenvalue weighted by Gasteiger charge is 2.20. The molecule has 2 aromatic carbocycles. The Morgan fingerprint density at radius 2 is 1.64 bits per heavy atom. The normalized spacial score (nSPS) is 13.4. The lowest BCUT2D eigenvalue weighted by Gasteiger charge is -2.31. The Morgan fingerprint density at radius 3 is 2.27 bits per heavy atom. The van der Waals surface area contributed by atoms with Crippen molar-refractivity contribution < 1.29 is 28.5 Å². The van der Waals surface area contributed by atoms with Crippen LogP contribution in [0.5, 0.6) is 17.2 Å². The maximum atomic E-state index is 12.7. The smallest absolute Gasteiger partial charge is 0.224 e. The third-order valence-corrected chi connectivity index (χ3v) is 5.28. The third-order valence-electron chi connectivity index (χ3n) is 5.28. The zero-order valence-electron chi connectivity index (χ0n) is 19.5. The molecule has 1 heterocycles. The van der Waals surface area contributed by atoms with Gasteiger partial charge in [-0.1, -0.05) is 0 Å². The van der Waals surface area contributed by atoms with Crippen molar-refractivity contribution in [2.24, 2.45) is 0 Å². The number of methoxy groups -OCH3 is 1. The number of morpholine rings is 1. The number of carbonyl (C=O) groups is 2. The van der Waals surface area contributed by atoms with Crippen molar-refractivity contribution in [1.29, 1.82) is 0 Å². The molecule has 0 aliphatic carbocycles. The minimum absolute atomic E-state index is 0.0611. The van der Waals surface area contributed by atoms with E-state index in [1.165, 1.54) is 0 Å². The van der Waals surface area contributed by atoms with Gasteiger partial charge in [-0.05, 0) is 38.1 Å². The zero-order chi connectivity index (χ0) is 23.6. The van der Waals surface area contributed by atoms with Gasteiger partial charge >= 0.3 is 0 Å². The van der Waals surface area contributed by atoms with Gasteiger partial charge in [0, 0.05) is 43.6 Å². The van der Waals surface area contributed by atoms with Crippen molar-refractivity contribution in [3.8, 4) is 17.2 Å². The van der Waals surface area contributed by atoms with E-state index >= 15 is 0 Å². The molecule has 0 bridgehead atoms. The molecule has 0 radical (unpaired) electrons. The van der Waals surface area contributed by atoms with Gasteiger partial charge in [-0.15, -0.1) is 0 Å². The van der Waals surface area contributed by atoms with Gasteiger partial charge in [-0.25, -0.2) is 0 Å². The summed E-state index contributed by atoms with van der Waals surface area (Å²) in [5, 5.41) is 2.89. The van der Waals surface area contributed by atoms with Crippen LogP contribution in [-0.4, -0.2) is 58.3 Å². The molecule has 1 amide bonds. The van der Waals surface area contributed by atoms with Gasteiger partial charge in [0.25, 0.3) is 0 Å². The molecule has 8 heteroatoms. The maximum Gasteiger partial charge on any atom is 0.224 e. The molecule has 1 fully saturated rings. The van der Waals surface area contributed by atoms with E-state index in [4.69, 9.17) is 18.9 Å². The Balaban J connectivity index is 1.71. The van der Waals surface area contributed by atoms with Crippen molar-refractivity contribution in [2.45, 2.75) is 26.7 Å². The largest absolute Gasteiger partial charge is 0.497 e.